The molecule has 0 radical (unpaired) electrons. The Morgan fingerprint density at radius 3 is 2.15 bits per heavy atom. The summed E-state index contributed by atoms with van der Waals surface area (Å²) >= 11 is 0. The van der Waals surface area contributed by atoms with E-state index in [-0.39, 0.29) is 18.1 Å². The van der Waals surface area contributed by atoms with Gasteiger partial charge in [-0.1, -0.05) is 45.0 Å². The van der Waals surface area contributed by atoms with E-state index < -0.39 is 11.1 Å². The van der Waals surface area contributed by atoms with Crippen LogP contribution in [0.2, 0.25) is 0 Å². The van der Waals surface area contributed by atoms with Crippen LogP contribution in [0.4, 0.5) is 0 Å². The molecule has 33 heavy (non-hydrogen) atoms. The maximum absolute atomic E-state index is 13.4. The Kier molecular flexibility index (Phi) is 5.71. The number of Topliss-reactive ketones (excluding diaryl/α,β-unsaturated/α-hetero) is 1. The van der Waals surface area contributed by atoms with E-state index in [9.17, 15) is 9.59 Å². The number of fused-ring (bicyclic) bond motifs is 1. The first-order valence-electron chi connectivity index (χ1n) is 10.4. The summed E-state index contributed by atoms with van der Waals surface area (Å²) in [5.41, 5.74) is 1.29. The van der Waals surface area contributed by atoms with E-state index in [2.05, 4.69) is 15.3 Å². The van der Waals surface area contributed by atoms with E-state index in [0.717, 1.165) is 4.68 Å². The first kappa shape index (κ1) is 22.2. The topological polar surface area (TPSA) is 101 Å². The second-order valence-corrected chi connectivity index (χ2v) is 8.61. The number of carbonyl (C=O) groups excluding carboxylic acids is 1. The summed E-state index contributed by atoms with van der Waals surface area (Å²) < 4.78 is 13.3. The second-order valence-electron chi connectivity index (χ2n) is 8.61. The Morgan fingerprint density at radius 1 is 0.939 bits per heavy atom. The van der Waals surface area contributed by atoms with Gasteiger partial charge in [0.1, 0.15) is 23.7 Å². The van der Waals surface area contributed by atoms with Crippen molar-refractivity contribution in [2.75, 3.05) is 14.2 Å². The summed E-state index contributed by atoms with van der Waals surface area (Å²) in [6.45, 7) is 5.26. The normalized spacial score (nSPS) is 11.5. The SMILES string of the molecule is COc1cccc(-c2nnc3nn(CC(=O)C(C)(C)C)c(=O)n3c2-c2cccc(OC)c2)c1. The van der Waals surface area contributed by atoms with Gasteiger partial charge in [0.2, 0.25) is 0 Å². The van der Waals surface area contributed by atoms with Gasteiger partial charge in [-0.2, -0.15) is 0 Å². The number of hydrogen-bond acceptors (Lipinski definition) is 7. The highest BCUT2D eigenvalue weighted by Crippen LogP contribution is 2.33. The molecular formula is C24H25N5O4. The summed E-state index contributed by atoms with van der Waals surface area (Å²) in [6.07, 6.45) is 0. The molecule has 2 aromatic carbocycles. The van der Waals surface area contributed by atoms with E-state index in [1.165, 1.54) is 4.40 Å². The summed E-state index contributed by atoms with van der Waals surface area (Å²) in [6, 6.07) is 14.6. The Hall–Kier alpha value is -4.01. The van der Waals surface area contributed by atoms with Crippen molar-refractivity contribution in [1.29, 1.82) is 0 Å². The van der Waals surface area contributed by atoms with Crippen LogP contribution in [-0.2, 0) is 11.3 Å². The number of ketones is 1. The molecule has 0 aliphatic carbocycles. The Bertz CT molecular complexity index is 1400. The average molecular weight is 447 g/mol. The van der Waals surface area contributed by atoms with Crippen molar-refractivity contribution in [3.63, 3.8) is 0 Å². The van der Waals surface area contributed by atoms with Crippen LogP contribution < -0.4 is 15.2 Å². The van der Waals surface area contributed by atoms with Crippen LogP contribution in [0.3, 0.4) is 0 Å². The lowest BCUT2D eigenvalue weighted by molar-refractivity contribution is -0.127. The highest BCUT2D eigenvalue weighted by atomic mass is 16.5. The van der Waals surface area contributed by atoms with Crippen LogP contribution in [0.25, 0.3) is 28.3 Å². The first-order valence-corrected chi connectivity index (χ1v) is 10.4. The Balaban J connectivity index is 2.01. The molecule has 0 atom stereocenters. The third kappa shape index (κ3) is 4.21. The smallest absolute Gasteiger partial charge is 0.352 e. The molecule has 4 aromatic rings. The highest BCUT2D eigenvalue weighted by Gasteiger charge is 2.25. The molecule has 4 rings (SSSR count). The summed E-state index contributed by atoms with van der Waals surface area (Å²) in [7, 11) is 3.16. The molecule has 0 N–H and O–H groups in total. The van der Waals surface area contributed by atoms with Crippen molar-refractivity contribution >= 4 is 11.6 Å². The molecule has 0 bridgehead atoms. The van der Waals surface area contributed by atoms with Crippen molar-refractivity contribution in [2.45, 2.75) is 27.3 Å². The fourth-order valence-electron chi connectivity index (χ4n) is 3.38. The maximum Gasteiger partial charge on any atom is 0.352 e. The lowest BCUT2D eigenvalue weighted by Gasteiger charge is -2.15. The van der Waals surface area contributed by atoms with E-state index >= 15 is 0 Å². The number of ether oxygens (including phenoxy) is 2. The lowest BCUT2D eigenvalue weighted by atomic mass is 9.91. The van der Waals surface area contributed by atoms with Crippen LogP contribution in [0.5, 0.6) is 11.5 Å². The van der Waals surface area contributed by atoms with Gasteiger partial charge in [-0.15, -0.1) is 15.3 Å². The molecule has 0 saturated heterocycles. The molecule has 0 amide bonds. The number of rotatable bonds is 6. The minimum absolute atomic E-state index is 0.103. The van der Waals surface area contributed by atoms with Crippen LogP contribution >= 0.6 is 0 Å². The zero-order valence-corrected chi connectivity index (χ0v) is 19.2. The van der Waals surface area contributed by atoms with Crippen LogP contribution in [0.1, 0.15) is 20.8 Å². The van der Waals surface area contributed by atoms with Gasteiger partial charge in [0.15, 0.2) is 5.78 Å². The fraction of sp³-hybridized carbons (Fsp3) is 0.292. The molecule has 9 nitrogen and oxygen atoms in total. The maximum atomic E-state index is 13.4. The third-order valence-electron chi connectivity index (χ3n) is 5.33. The molecule has 0 spiro atoms. The van der Waals surface area contributed by atoms with Crippen molar-refractivity contribution in [3.05, 3.63) is 59.0 Å². The Morgan fingerprint density at radius 2 is 1.55 bits per heavy atom. The predicted molar refractivity (Wildman–Crippen MR) is 123 cm³/mol. The highest BCUT2D eigenvalue weighted by molar-refractivity contribution is 5.83. The largest absolute Gasteiger partial charge is 0.497 e. The van der Waals surface area contributed by atoms with Gasteiger partial charge >= 0.3 is 5.69 Å². The van der Waals surface area contributed by atoms with Crippen molar-refractivity contribution in [3.8, 4) is 34.0 Å². The molecule has 0 unspecified atom stereocenters. The molecule has 9 heteroatoms. The van der Waals surface area contributed by atoms with Gasteiger partial charge in [0, 0.05) is 16.5 Å². The molecule has 0 saturated carbocycles. The zero-order chi connectivity index (χ0) is 23.8. The number of aromatic nitrogens is 5. The first-order chi connectivity index (χ1) is 15.7. The summed E-state index contributed by atoms with van der Waals surface area (Å²) in [5, 5.41) is 12.9. The predicted octanol–water partition coefficient (Wildman–Crippen LogP) is 3.25. The van der Waals surface area contributed by atoms with Crippen molar-refractivity contribution < 1.29 is 14.3 Å². The summed E-state index contributed by atoms with van der Waals surface area (Å²) in [5.74, 6) is 1.25. The monoisotopic (exact) mass is 447 g/mol. The second kappa shape index (κ2) is 8.50. The lowest BCUT2D eigenvalue weighted by Crippen LogP contribution is -2.31. The van der Waals surface area contributed by atoms with Crippen LogP contribution in [-0.4, -0.2) is 44.4 Å². The van der Waals surface area contributed by atoms with Gasteiger partial charge in [0.05, 0.1) is 19.9 Å². The average Bonchev–Trinajstić information content (AvgIpc) is 3.13. The van der Waals surface area contributed by atoms with E-state index in [1.54, 1.807) is 35.0 Å². The minimum atomic E-state index is -0.609. The van der Waals surface area contributed by atoms with Crippen LogP contribution in [0, 0.1) is 5.41 Å². The van der Waals surface area contributed by atoms with Crippen LogP contribution in [0.15, 0.2) is 53.3 Å². The standard InChI is InChI=1S/C24H25N5O4/c1-24(2,3)19(30)14-28-23(31)29-21(16-9-7-11-18(13-16)33-5)20(25-26-22(29)27-28)15-8-6-10-17(12-15)32-4/h6-13H,14H2,1-5H3. The number of methoxy groups -OCH3 is 2. The molecule has 0 fully saturated rings. The molecular weight excluding hydrogens is 422 g/mol. The van der Waals surface area contributed by atoms with E-state index in [4.69, 9.17) is 9.47 Å². The van der Waals surface area contributed by atoms with Gasteiger partial charge in [-0.05, 0) is 24.3 Å². The van der Waals surface area contributed by atoms with Gasteiger partial charge in [0.25, 0.3) is 5.78 Å². The number of carbonyl (C=O) groups is 1. The van der Waals surface area contributed by atoms with Crippen molar-refractivity contribution in [2.24, 2.45) is 5.41 Å². The molecule has 0 aliphatic heterocycles. The fourth-order valence-corrected chi connectivity index (χ4v) is 3.38. The van der Waals surface area contributed by atoms with Gasteiger partial charge < -0.3 is 9.47 Å². The summed E-state index contributed by atoms with van der Waals surface area (Å²) in [4.78, 5) is 26.0. The number of hydrogen-bond donors (Lipinski definition) is 0. The minimum Gasteiger partial charge on any atom is -0.497 e. The third-order valence-corrected chi connectivity index (χ3v) is 5.33. The van der Waals surface area contributed by atoms with E-state index in [1.807, 2.05) is 48.5 Å². The molecule has 170 valence electrons. The molecule has 2 heterocycles. The van der Waals surface area contributed by atoms with Gasteiger partial charge in [-0.25, -0.2) is 13.9 Å². The van der Waals surface area contributed by atoms with Gasteiger partial charge in [-0.3, -0.25) is 4.79 Å². The van der Waals surface area contributed by atoms with Crippen molar-refractivity contribution in [1.82, 2.24) is 24.4 Å². The molecule has 2 aromatic heterocycles. The number of nitrogens with zero attached hydrogens (tertiary/aromatic N) is 5. The zero-order valence-electron chi connectivity index (χ0n) is 19.2. The number of benzene rings is 2. The quantitative estimate of drug-likeness (QED) is 0.447. The Labute approximate surface area is 190 Å². The van der Waals surface area contributed by atoms with E-state index in [0.29, 0.717) is 34.0 Å². The molecule has 0 aliphatic rings.